The summed E-state index contributed by atoms with van der Waals surface area (Å²) in [6.45, 7) is 0.879. The molecule has 1 fully saturated rings. The molecule has 0 radical (unpaired) electrons. The van der Waals surface area contributed by atoms with E-state index in [1.807, 2.05) is 18.2 Å². The van der Waals surface area contributed by atoms with Gasteiger partial charge in [-0.05, 0) is 55.0 Å². The van der Waals surface area contributed by atoms with Gasteiger partial charge in [-0.15, -0.1) is 0 Å². The summed E-state index contributed by atoms with van der Waals surface area (Å²) in [4.78, 5) is 14.0. The SMILES string of the molecule is COc1ccc(CC2CCN(C(=O)c3ccc(F)c(F)c3F)CC2)cc1OC. The first-order chi connectivity index (χ1) is 13.4. The fraction of sp³-hybridized carbons (Fsp3) is 0.381. The number of carbonyl (C=O) groups is 1. The highest BCUT2D eigenvalue weighted by molar-refractivity contribution is 5.94. The number of nitrogens with zero attached hydrogens (tertiary/aromatic N) is 1. The summed E-state index contributed by atoms with van der Waals surface area (Å²) in [5.41, 5.74) is 0.673. The number of rotatable bonds is 5. The Kier molecular flexibility index (Phi) is 6.11. The molecule has 1 amide bonds. The first-order valence-electron chi connectivity index (χ1n) is 9.08. The molecule has 7 heteroatoms. The van der Waals surface area contributed by atoms with E-state index in [0.29, 0.717) is 30.5 Å². The van der Waals surface area contributed by atoms with Gasteiger partial charge in [0.2, 0.25) is 0 Å². The lowest BCUT2D eigenvalue weighted by atomic mass is 9.90. The molecule has 0 unspecified atom stereocenters. The Hall–Kier alpha value is -2.70. The molecule has 1 aliphatic rings. The van der Waals surface area contributed by atoms with E-state index < -0.39 is 28.9 Å². The second kappa shape index (κ2) is 8.54. The number of hydrogen-bond donors (Lipinski definition) is 0. The van der Waals surface area contributed by atoms with Crippen molar-refractivity contribution < 1.29 is 27.4 Å². The molecule has 4 nitrogen and oxygen atoms in total. The minimum Gasteiger partial charge on any atom is -0.493 e. The summed E-state index contributed by atoms with van der Waals surface area (Å²) >= 11 is 0. The third kappa shape index (κ3) is 4.08. The first kappa shape index (κ1) is 20.0. The second-order valence-corrected chi connectivity index (χ2v) is 6.85. The van der Waals surface area contributed by atoms with Gasteiger partial charge in [0, 0.05) is 13.1 Å². The Balaban J connectivity index is 1.62. The average Bonchev–Trinajstić information content (AvgIpc) is 2.72. The van der Waals surface area contributed by atoms with Crippen LogP contribution in [0.5, 0.6) is 11.5 Å². The zero-order valence-electron chi connectivity index (χ0n) is 15.8. The van der Waals surface area contributed by atoms with E-state index >= 15 is 0 Å². The molecular formula is C21H22F3NO3. The van der Waals surface area contributed by atoms with Crippen molar-refractivity contribution in [3.63, 3.8) is 0 Å². The highest BCUT2D eigenvalue weighted by Gasteiger charge is 2.27. The summed E-state index contributed by atoms with van der Waals surface area (Å²) < 4.78 is 50.9. The number of benzene rings is 2. The molecule has 0 aromatic heterocycles. The number of carbonyl (C=O) groups excluding carboxylic acids is 1. The molecule has 0 saturated carbocycles. The molecule has 0 atom stereocenters. The van der Waals surface area contributed by atoms with Crippen molar-refractivity contribution in [2.75, 3.05) is 27.3 Å². The molecule has 0 spiro atoms. The molecule has 1 saturated heterocycles. The summed E-state index contributed by atoms with van der Waals surface area (Å²) in [6, 6.07) is 7.54. The van der Waals surface area contributed by atoms with Crippen molar-refractivity contribution in [3.05, 3.63) is 58.9 Å². The number of halogens is 3. The summed E-state index contributed by atoms with van der Waals surface area (Å²) in [7, 11) is 3.17. The van der Waals surface area contributed by atoms with Crippen LogP contribution in [0, 0.1) is 23.4 Å². The van der Waals surface area contributed by atoms with Gasteiger partial charge < -0.3 is 14.4 Å². The van der Waals surface area contributed by atoms with Gasteiger partial charge in [-0.2, -0.15) is 0 Å². The van der Waals surface area contributed by atoms with Crippen LogP contribution in [-0.2, 0) is 6.42 Å². The van der Waals surface area contributed by atoms with Crippen molar-refractivity contribution >= 4 is 5.91 Å². The number of methoxy groups -OCH3 is 2. The Labute approximate surface area is 161 Å². The van der Waals surface area contributed by atoms with Crippen LogP contribution in [0.2, 0.25) is 0 Å². The van der Waals surface area contributed by atoms with E-state index in [1.165, 1.54) is 4.90 Å². The fourth-order valence-corrected chi connectivity index (χ4v) is 3.54. The van der Waals surface area contributed by atoms with Gasteiger partial charge in [0.05, 0.1) is 19.8 Å². The van der Waals surface area contributed by atoms with E-state index in [1.54, 1.807) is 14.2 Å². The van der Waals surface area contributed by atoms with Crippen LogP contribution >= 0.6 is 0 Å². The van der Waals surface area contributed by atoms with Crippen molar-refractivity contribution in [2.45, 2.75) is 19.3 Å². The van der Waals surface area contributed by atoms with E-state index in [2.05, 4.69) is 0 Å². The van der Waals surface area contributed by atoms with Gasteiger partial charge in [-0.1, -0.05) is 6.07 Å². The standard InChI is InChI=1S/C21H22F3NO3/c1-27-17-6-3-14(12-18(17)28-2)11-13-7-9-25(10-8-13)21(26)15-4-5-16(22)20(24)19(15)23/h3-6,12-13H,7-11H2,1-2H3. The van der Waals surface area contributed by atoms with Crippen LogP contribution in [0.4, 0.5) is 13.2 Å². The van der Waals surface area contributed by atoms with Gasteiger partial charge in [0.25, 0.3) is 5.91 Å². The molecule has 0 N–H and O–H groups in total. The fourth-order valence-electron chi connectivity index (χ4n) is 3.54. The molecule has 2 aromatic carbocycles. The molecule has 2 aromatic rings. The van der Waals surface area contributed by atoms with E-state index in [9.17, 15) is 18.0 Å². The predicted molar refractivity (Wildman–Crippen MR) is 98.2 cm³/mol. The quantitative estimate of drug-likeness (QED) is 0.714. The maximum atomic E-state index is 13.9. The average molecular weight is 393 g/mol. The number of ether oxygens (including phenoxy) is 2. The molecule has 3 rings (SSSR count). The molecule has 150 valence electrons. The van der Waals surface area contributed by atoms with Crippen molar-refractivity contribution in [3.8, 4) is 11.5 Å². The van der Waals surface area contributed by atoms with Crippen LogP contribution in [0.15, 0.2) is 30.3 Å². The molecule has 28 heavy (non-hydrogen) atoms. The molecule has 0 bridgehead atoms. The van der Waals surface area contributed by atoms with Gasteiger partial charge in [-0.25, -0.2) is 13.2 Å². The number of piperidine rings is 1. The molecular weight excluding hydrogens is 371 g/mol. The maximum absolute atomic E-state index is 13.9. The Morgan fingerprint density at radius 3 is 2.32 bits per heavy atom. The maximum Gasteiger partial charge on any atom is 0.256 e. The zero-order chi connectivity index (χ0) is 20.3. The van der Waals surface area contributed by atoms with Crippen molar-refractivity contribution in [1.29, 1.82) is 0 Å². The molecule has 1 aliphatic heterocycles. The van der Waals surface area contributed by atoms with Crippen molar-refractivity contribution in [1.82, 2.24) is 4.90 Å². The van der Waals surface area contributed by atoms with E-state index in [-0.39, 0.29) is 0 Å². The minimum absolute atomic E-state index is 0.358. The predicted octanol–water partition coefficient (Wildman–Crippen LogP) is 4.22. The Morgan fingerprint density at radius 1 is 1.00 bits per heavy atom. The monoisotopic (exact) mass is 393 g/mol. The lowest BCUT2D eigenvalue weighted by molar-refractivity contribution is 0.0684. The minimum atomic E-state index is -1.62. The van der Waals surface area contributed by atoms with Crippen LogP contribution < -0.4 is 9.47 Å². The Bertz CT molecular complexity index is 864. The molecule has 0 aliphatic carbocycles. The number of hydrogen-bond acceptors (Lipinski definition) is 3. The topological polar surface area (TPSA) is 38.8 Å². The van der Waals surface area contributed by atoms with Crippen molar-refractivity contribution in [2.24, 2.45) is 5.92 Å². The first-order valence-corrected chi connectivity index (χ1v) is 9.08. The van der Waals surface area contributed by atoms with Gasteiger partial charge in [0.1, 0.15) is 0 Å². The molecule has 1 heterocycles. The van der Waals surface area contributed by atoms with Crippen LogP contribution in [0.1, 0.15) is 28.8 Å². The summed E-state index contributed by atoms with van der Waals surface area (Å²) in [5, 5.41) is 0. The van der Waals surface area contributed by atoms with Gasteiger partial charge >= 0.3 is 0 Å². The Morgan fingerprint density at radius 2 is 1.68 bits per heavy atom. The van der Waals surface area contributed by atoms with Crippen LogP contribution in [-0.4, -0.2) is 38.1 Å². The highest BCUT2D eigenvalue weighted by Crippen LogP contribution is 2.30. The second-order valence-electron chi connectivity index (χ2n) is 6.85. The summed E-state index contributed by atoms with van der Waals surface area (Å²) in [5.74, 6) is -3.27. The van der Waals surface area contributed by atoms with Gasteiger partial charge in [-0.3, -0.25) is 4.79 Å². The third-order valence-electron chi connectivity index (χ3n) is 5.14. The number of likely N-dealkylation sites (tertiary alicyclic amines) is 1. The third-order valence-corrected chi connectivity index (χ3v) is 5.14. The smallest absolute Gasteiger partial charge is 0.256 e. The van der Waals surface area contributed by atoms with Crippen LogP contribution in [0.3, 0.4) is 0 Å². The lowest BCUT2D eigenvalue weighted by Crippen LogP contribution is -2.39. The van der Waals surface area contributed by atoms with E-state index in [0.717, 1.165) is 37.0 Å². The largest absolute Gasteiger partial charge is 0.493 e. The van der Waals surface area contributed by atoms with Gasteiger partial charge in [0.15, 0.2) is 29.0 Å². The summed E-state index contributed by atoms with van der Waals surface area (Å²) in [6.07, 6.45) is 2.30. The lowest BCUT2D eigenvalue weighted by Gasteiger charge is -2.32. The zero-order valence-corrected chi connectivity index (χ0v) is 15.8. The van der Waals surface area contributed by atoms with Crippen LogP contribution in [0.25, 0.3) is 0 Å². The normalized spacial score (nSPS) is 14.8. The highest BCUT2D eigenvalue weighted by atomic mass is 19.2. The van der Waals surface area contributed by atoms with E-state index in [4.69, 9.17) is 9.47 Å². The number of amides is 1.